The molecule has 1 rings (SSSR count). The van der Waals surface area contributed by atoms with Crippen LogP contribution < -0.4 is 0 Å². The van der Waals surface area contributed by atoms with E-state index in [1.165, 1.54) is 0 Å². The van der Waals surface area contributed by atoms with Gasteiger partial charge in [0.1, 0.15) is 0 Å². The van der Waals surface area contributed by atoms with Crippen LogP contribution in [0.25, 0.3) is 0 Å². The van der Waals surface area contributed by atoms with E-state index in [2.05, 4.69) is 4.99 Å². The Labute approximate surface area is 91.3 Å². The molecular weight excluding hydrogens is 252 g/mol. The molecule has 0 saturated heterocycles. The predicted molar refractivity (Wildman–Crippen MR) is 46.3 cm³/mol. The van der Waals surface area contributed by atoms with Gasteiger partial charge in [-0.05, 0) is 18.0 Å². The third kappa shape index (κ3) is 2.27. The molecule has 1 aliphatic heterocycles. The lowest BCUT2D eigenvalue weighted by atomic mass is 9.91. The minimum Gasteiger partial charge on any atom is -0.369 e. The van der Waals surface area contributed by atoms with Crippen LogP contribution in [0.2, 0.25) is 0 Å². The smallest absolute Gasteiger partial charge is 0.369 e. The average Bonchev–Trinajstić information content (AvgIpc) is 2.40. The summed E-state index contributed by atoms with van der Waals surface area (Å²) in [5.41, 5.74) is -6.29. The van der Waals surface area contributed by atoms with Crippen molar-refractivity contribution in [1.82, 2.24) is 0 Å². The Balaban J connectivity index is 3.37. The van der Waals surface area contributed by atoms with Crippen molar-refractivity contribution in [3.8, 4) is 0 Å². The normalized spacial score (nSPS) is 17.0. The molecule has 0 aliphatic carbocycles. The van der Waals surface area contributed by atoms with Crippen LogP contribution in [0.3, 0.4) is 0 Å². The Hall–Kier alpha value is -1.53. The molecule has 1 N–H and O–H groups in total. The van der Waals surface area contributed by atoms with Crippen molar-refractivity contribution in [1.29, 1.82) is 0 Å². The van der Waals surface area contributed by atoms with Gasteiger partial charge in [-0.15, -0.1) is 0 Å². The van der Waals surface area contributed by atoms with E-state index in [0.29, 0.717) is 18.4 Å². The zero-order chi connectivity index (χ0) is 13.3. The molecule has 94 valence electrons. The zero-order valence-electron chi connectivity index (χ0n) is 7.97. The standard InChI is InChI=1S/C9H5F6NO/c10-8(11,12)7(17,9(13,14)15)6-2-1-4-16-5-3-6/h1-3,5,17H. The largest absolute Gasteiger partial charge is 0.430 e. The third-order valence-electron chi connectivity index (χ3n) is 1.98. The van der Waals surface area contributed by atoms with Crippen LogP contribution in [-0.4, -0.2) is 28.9 Å². The highest BCUT2D eigenvalue weighted by atomic mass is 19.4. The number of alkyl halides is 6. The van der Waals surface area contributed by atoms with E-state index in [4.69, 9.17) is 5.11 Å². The van der Waals surface area contributed by atoms with Crippen LogP contribution in [0, 0.1) is 0 Å². The number of aliphatic imine (C=N–C) groups is 1. The molecular formula is C9H5F6NO. The van der Waals surface area contributed by atoms with Gasteiger partial charge < -0.3 is 5.11 Å². The van der Waals surface area contributed by atoms with Crippen LogP contribution in [0.1, 0.15) is 0 Å². The Morgan fingerprint density at radius 2 is 1.59 bits per heavy atom. The Morgan fingerprint density at radius 3 is 2.06 bits per heavy atom. The maximum Gasteiger partial charge on any atom is 0.430 e. The molecule has 0 unspecified atom stereocenters. The van der Waals surface area contributed by atoms with Gasteiger partial charge >= 0.3 is 12.4 Å². The number of nitrogens with zero attached hydrogens (tertiary/aromatic N) is 1. The van der Waals surface area contributed by atoms with Gasteiger partial charge in [0.25, 0.3) is 5.60 Å². The highest BCUT2D eigenvalue weighted by Gasteiger charge is 2.71. The zero-order valence-corrected chi connectivity index (χ0v) is 7.97. The van der Waals surface area contributed by atoms with Crippen LogP contribution >= 0.6 is 0 Å². The van der Waals surface area contributed by atoms with Gasteiger partial charge in [-0.2, -0.15) is 26.3 Å². The first-order valence-electron chi connectivity index (χ1n) is 4.12. The van der Waals surface area contributed by atoms with Gasteiger partial charge in [0.05, 0.1) is 0 Å². The van der Waals surface area contributed by atoms with Gasteiger partial charge in [-0.1, -0.05) is 0 Å². The third-order valence-corrected chi connectivity index (χ3v) is 1.98. The van der Waals surface area contributed by atoms with E-state index in [0.717, 1.165) is 6.08 Å². The topological polar surface area (TPSA) is 32.6 Å². The first-order chi connectivity index (χ1) is 7.61. The number of allylic oxidation sites excluding steroid dienone is 2. The first kappa shape index (κ1) is 13.5. The second kappa shape index (κ2) is 4.05. The Bertz CT molecular complexity index is 408. The Morgan fingerprint density at radius 1 is 1.06 bits per heavy atom. The highest BCUT2D eigenvalue weighted by Crippen LogP contribution is 2.47. The van der Waals surface area contributed by atoms with Crippen molar-refractivity contribution < 1.29 is 31.4 Å². The molecule has 0 amide bonds. The first-order valence-corrected chi connectivity index (χ1v) is 4.12. The second-order valence-corrected chi connectivity index (χ2v) is 3.07. The molecule has 0 aromatic carbocycles. The SMILES string of the molecule is OC(C1=CC=C=NC=C1)(C(F)(F)F)C(F)(F)F. The summed E-state index contributed by atoms with van der Waals surface area (Å²) in [5, 5.41) is 8.98. The maximum absolute atomic E-state index is 12.4. The monoisotopic (exact) mass is 257 g/mol. The van der Waals surface area contributed by atoms with Crippen molar-refractivity contribution in [2.75, 3.05) is 0 Å². The second-order valence-electron chi connectivity index (χ2n) is 3.07. The molecule has 1 aliphatic rings. The number of hydrogen-bond donors (Lipinski definition) is 1. The van der Waals surface area contributed by atoms with E-state index in [1.807, 2.05) is 5.87 Å². The fraction of sp³-hybridized carbons (Fsp3) is 0.333. The lowest BCUT2D eigenvalue weighted by Gasteiger charge is -2.33. The van der Waals surface area contributed by atoms with Crippen molar-refractivity contribution >= 4 is 5.87 Å². The fourth-order valence-corrected chi connectivity index (χ4v) is 1.12. The van der Waals surface area contributed by atoms with E-state index in [1.54, 1.807) is 0 Å². The molecule has 17 heavy (non-hydrogen) atoms. The number of aliphatic hydroxyl groups is 1. The van der Waals surface area contributed by atoms with Crippen LogP contribution in [0.4, 0.5) is 26.3 Å². The number of hydrogen-bond acceptors (Lipinski definition) is 2. The van der Waals surface area contributed by atoms with E-state index in [9.17, 15) is 26.3 Å². The van der Waals surface area contributed by atoms with Crippen LogP contribution in [0.15, 0.2) is 35.0 Å². The summed E-state index contributed by atoms with van der Waals surface area (Å²) >= 11 is 0. The average molecular weight is 257 g/mol. The van der Waals surface area contributed by atoms with Gasteiger partial charge in [0.2, 0.25) is 0 Å². The summed E-state index contributed by atoms with van der Waals surface area (Å²) < 4.78 is 74.4. The number of rotatable bonds is 1. The highest BCUT2D eigenvalue weighted by molar-refractivity contribution is 5.59. The molecule has 8 heteroatoms. The molecule has 0 saturated carbocycles. The summed E-state index contributed by atoms with van der Waals surface area (Å²) in [5.74, 6) is 2.04. The van der Waals surface area contributed by atoms with E-state index >= 15 is 0 Å². The van der Waals surface area contributed by atoms with Gasteiger partial charge in [0, 0.05) is 17.8 Å². The van der Waals surface area contributed by atoms with Crippen LogP contribution in [-0.2, 0) is 0 Å². The maximum atomic E-state index is 12.4. The minimum atomic E-state index is -5.89. The van der Waals surface area contributed by atoms with Gasteiger partial charge in [-0.3, -0.25) is 0 Å². The minimum absolute atomic E-state index is 0.428. The molecule has 1 heterocycles. The van der Waals surface area contributed by atoms with Crippen LogP contribution in [0.5, 0.6) is 0 Å². The van der Waals surface area contributed by atoms with Gasteiger partial charge in [-0.25, -0.2) is 4.99 Å². The van der Waals surface area contributed by atoms with Crippen molar-refractivity contribution in [2.45, 2.75) is 18.0 Å². The molecule has 0 atom stereocenters. The molecule has 0 fully saturated rings. The molecule has 0 bridgehead atoms. The lowest BCUT2D eigenvalue weighted by molar-refractivity contribution is -0.350. The number of halogens is 6. The molecule has 0 aromatic heterocycles. The van der Waals surface area contributed by atoms with Gasteiger partial charge in [0.15, 0.2) is 0 Å². The molecule has 0 aromatic rings. The molecule has 2 nitrogen and oxygen atoms in total. The molecule has 0 spiro atoms. The summed E-state index contributed by atoms with van der Waals surface area (Å²) in [4.78, 5) is 3.21. The van der Waals surface area contributed by atoms with Crippen molar-refractivity contribution in [2.24, 2.45) is 4.99 Å². The van der Waals surface area contributed by atoms with Crippen molar-refractivity contribution in [3.63, 3.8) is 0 Å². The molecule has 0 radical (unpaired) electrons. The lowest BCUT2D eigenvalue weighted by Crippen LogP contribution is -2.57. The predicted octanol–water partition coefficient (Wildman–Crippen LogP) is 2.52. The summed E-state index contributed by atoms with van der Waals surface area (Å²) in [6.07, 6.45) is -9.47. The quantitative estimate of drug-likeness (QED) is 0.719. The van der Waals surface area contributed by atoms with E-state index in [-0.39, 0.29) is 0 Å². The van der Waals surface area contributed by atoms with E-state index < -0.39 is 23.5 Å². The summed E-state index contributed by atoms with van der Waals surface area (Å²) in [7, 11) is 0. The fourth-order valence-electron chi connectivity index (χ4n) is 1.12. The summed E-state index contributed by atoms with van der Waals surface area (Å²) in [6.45, 7) is 0. The van der Waals surface area contributed by atoms with Crippen molar-refractivity contribution in [3.05, 3.63) is 30.0 Å². The Kier molecular flexibility index (Phi) is 3.22. The summed E-state index contributed by atoms with van der Waals surface area (Å²) in [6, 6.07) is 0.